The van der Waals surface area contributed by atoms with Crippen LogP contribution in [0.3, 0.4) is 0 Å². The smallest absolute Gasteiger partial charge is 0.246 e. The minimum atomic E-state index is -2.56. The van der Waals surface area contributed by atoms with E-state index >= 15 is 0 Å². The summed E-state index contributed by atoms with van der Waals surface area (Å²) < 4.78 is 25.2. The Bertz CT molecular complexity index is 195. The van der Waals surface area contributed by atoms with Crippen molar-refractivity contribution in [1.82, 2.24) is 4.90 Å². The van der Waals surface area contributed by atoms with Crippen molar-refractivity contribution in [3.8, 4) is 0 Å². The molecule has 0 bridgehead atoms. The molecule has 0 aromatic carbocycles. The van der Waals surface area contributed by atoms with Crippen LogP contribution in [0.1, 0.15) is 32.6 Å². The number of piperidine rings is 1. The monoisotopic (exact) mass is 219 g/mol. The Kier molecular flexibility index (Phi) is 4.64. The van der Waals surface area contributed by atoms with Crippen molar-refractivity contribution >= 4 is 6.29 Å². The van der Waals surface area contributed by atoms with Gasteiger partial charge in [0, 0.05) is 19.4 Å². The summed E-state index contributed by atoms with van der Waals surface area (Å²) in [6, 6.07) is 0. The van der Waals surface area contributed by atoms with E-state index < -0.39 is 5.92 Å². The van der Waals surface area contributed by atoms with Crippen molar-refractivity contribution in [3.05, 3.63) is 0 Å². The molecule has 0 aliphatic carbocycles. The predicted octanol–water partition coefficient (Wildman–Crippen LogP) is 2.33. The van der Waals surface area contributed by atoms with E-state index in [9.17, 15) is 13.6 Å². The first-order valence-electron chi connectivity index (χ1n) is 5.55. The molecule has 15 heavy (non-hydrogen) atoms. The van der Waals surface area contributed by atoms with E-state index in [-0.39, 0.29) is 6.42 Å². The number of carbonyl (C=O) groups excluding carboxylic acids is 1. The topological polar surface area (TPSA) is 20.3 Å². The van der Waals surface area contributed by atoms with Gasteiger partial charge in [0.1, 0.15) is 6.29 Å². The molecule has 1 rings (SSSR count). The molecule has 0 N–H and O–H groups in total. The van der Waals surface area contributed by atoms with Gasteiger partial charge < -0.3 is 9.69 Å². The third-order valence-electron chi connectivity index (χ3n) is 3.00. The molecule has 0 saturated carbocycles. The largest absolute Gasteiger partial charge is 0.303 e. The molecule has 1 aliphatic heterocycles. The van der Waals surface area contributed by atoms with Crippen LogP contribution in [0.25, 0.3) is 0 Å². The van der Waals surface area contributed by atoms with Crippen LogP contribution in [0, 0.1) is 5.92 Å². The van der Waals surface area contributed by atoms with Gasteiger partial charge in [-0.15, -0.1) is 0 Å². The second-order valence-corrected chi connectivity index (χ2v) is 4.51. The molecular weight excluding hydrogens is 200 g/mol. The van der Waals surface area contributed by atoms with Crippen LogP contribution in [0.15, 0.2) is 0 Å². The van der Waals surface area contributed by atoms with E-state index in [0.717, 1.165) is 39.1 Å². The van der Waals surface area contributed by atoms with Gasteiger partial charge in [-0.3, -0.25) is 0 Å². The minimum Gasteiger partial charge on any atom is -0.303 e. The molecule has 0 unspecified atom stereocenters. The van der Waals surface area contributed by atoms with Crippen LogP contribution < -0.4 is 0 Å². The van der Waals surface area contributed by atoms with Gasteiger partial charge in [-0.1, -0.05) is 0 Å². The molecule has 4 heteroatoms. The van der Waals surface area contributed by atoms with E-state index in [1.807, 2.05) is 0 Å². The van der Waals surface area contributed by atoms with Crippen LogP contribution in [0.5, 0.6) is 0 Å². The number of likely N-dealkylation sites (tertiary alicyclic amines) is 1. The van der Waals surface area contributed by atoms with E-state index in [2.05, 4.69) is 4.90 Å². The minimum absolute atomic E-state index is 0.0641. The second kappa shape index (κ2) is 5.54. The summed E-state index contributed by atoms with van der Waals surface area (Å²) in [7, 11) is 0. The van der Waals surface area contributed by atoms with Gasteiger partial charge in [0.2, 0.25) is 5.92 Å². The quantitative estimate of drug-likeness (QED) is 0.661. The standard InChI is InChI=1S/C11H19F2NO/c1-11(12,13)5-8-14-6-2-10(3-7-14)4-9-15/h9-10H,2-8H2,1H3. The maximum absolute atomic E-state index is 12.6. The molecule has 0 radical (unpaired) electrons. The van der Waals surface area contributed by atoms with Crippen molar-refractivity contribution in [2.75, 3.05) is 19.6 Å². The molecule has 1 fully saturated rings. The number of carbonyl (C=O) groups is 1. The highest BCUT2D eigenvalue weighted by Crippen LogP contribution is 2.22. The van der Waals surface area contributed by atoms with Gasteiger partial charge in [0.05, 0.1) is 0 Å². The lowest BCUT2D eigenvalue weighted by molar-refractivity contribution is -0.108. The van der Waals surface area contributed by atoms with E-state index in [1.54, 1.807) is 0 Å². The predicted molar refractivity (Wildman–Crippen MR) is 55.1 cm³/mol. The first kappa shape index (κ1) is 12.6. The lowest BCUT2D eigenvalue weighted by Crippen LogP contribution is -2.36. The van der Waals surface area contributed by atoms with Crippen LogP contribution in [0.2, 0.25) is 0 Å². The maximum atomic E-state index is 12.6. The fraction of sp³-hybridized carbons (Fsp3) is 0.909. The Balaban J connectivity index is 2.17. The highest BCUT2D eigenvalue weighted by atomic mass is 19.3. The number of hydrogen-bond acceptors (Lipinski definition) is 2. The van der Waals surface area contributed by atoms with Gasteiger partial charge in [0.25, 0.3) is 0 Å². The summed E-state index contributed by atoms with van der Waals surface area (Å²) >= 11 is 0. The first-order chi connectivity index (χ1) is 7.01. The second-order valence-electron chi connectivity index (χ2n) is 4.51. The third kappa shape index (κ3) is 5.21. The van der Waals surface area contributed by atoms with Gasteiger partial charge in [0.15, 0.2) is 0 Å². The van der Waals surface area contributed by atoms with Crippen molar-refractivity contribution in [2.24, 2.45) is 5.92 Å². The van der Waals surface area contributed by atoms with Gasteiger partial charge >= 0.3 is 0 Å². The fourth-order valence-corrected chi connectivity index (χ4v) is 1.94. The Hall–Kier alpha value is -0.510. The molecule has 0 amide bonds. The van der Waals surface area contributed by atoms with Crippen LogP contribution in [0.4, 0.5) is 8.78 Å². The zero-order chi connectivity index (χ0) is 11.3. The summed E-state index contributed by atoms with van der Waals surface area (Å²) in [4.78, 5) is 12.4. The Morgan fingerprint density at radius 3 is 2.47 bits per heavy atom. The number of aldehydes is 1. The Morgan fingerprint density at radius 1 is 1.40 bits per heavy atom. The maximum Gasteiger partial charge on any atom is 0.246 e. The van der Waals surface area contributed by atoms with E-state index in [4.69, 9.17) is 0 Å². The number of rotatable bonds is 5. The fourth-order valence-electron chi connectivity index (χ4n) is 1.94. The lowest BCUT2D eigenvalue weighted by Gasteiger charge is -2.31. The molecule has 1 aliphatic rings. The number of nitrogens with zero attached hydrogens (tertiary/aromatic N) is 1. The molecular formula is C11H19F2NO. The van der Waals surface area contributed by atoms with Gasteiger partial charge in [-0.05, 0) is 38.8 Å². The van der Waals surface area contributed by atoms with E-state index in [1.165, 1.54) is 0 Å². The van der Waals surface area contributed by atoms with Crippen molar-refractivity contribution < 1.29 is 13.6 Å². The summed E-state index contributed by atoms with van der Waals surface area (Å²) in [5, 5.41) is 0. The first-order valence-corrected chi connectivity index (χ1v) is 5.55. The van der Waals surface area contributed by atoms with Crippen molar-refractivity contribution in [2.45, 2.75) is 38.5 Å². The lowest BCUT2D eigenvalue weighted by atomic mass is 9.94. The van der Waals surface area contributed by atoms with Gasteiger partial charge in [-0.25, -0.2) is 8.78 Å². The molecule has 2 nitrogen and oxygen atoms in total. The highest BCUT2D eigenvalue weighted by molar-refractivity contribution is 5.49. The molecule has 0 aromatic rings. The Morgan fingerprint density at radius 2 is 2.00 bits per heavy atom. The summed E-state index contributed by atoms with van der Waals surface area (Å²) in [5.41, 5.74) is 0. The molecule has 88 valence electrons. The average molecular weight is 219 g/mol. The van der Waals surface area contributed by atoms with Crippen LogP contribution >= 0.6 is 0 Å². The summed E-state index contributed by atoms with van der Waals surface area (Å²) in [6.07, 6.45) is 3.45. The van der Waals surface area contributed by atoms with Crippen LogP contribution in [-0.2, 0) is 4.79 Å². The van der Waals surface area contributed by atoms with E-state index in [0.29, 0.717) is 18.9 Å². The summed E-state index contributed by atoms with van der Waals surface area (Å²) in [6.45, 7) is 3.15. The third-order valence-corrected chi connectivity index (χ3v) is 3.00. The summed E-state index contributed by atoms with van der Waals surface area (Å²) in [5.74, 6) is -2.08. The SMILES string of the molecule is CC(F)(F)CCN1CCC(CC=O)CC1. The zero-order valence-electron chi connectivity index (χ0n) is 9.22. The molecule has 0 spiro atoms. The zero-order valence-corrected chi connectivity index (χ0v) is 9.22. The number of halogens is 2. The normalized spacial score (nSPS) is 20.5. The highest BCUT2D eigenvalue weighted by Gasteiger charge is 2.24. The van der Waals surface area contributed by atoms with Crippen molar-refractivity contribution in [1.29, 1.82) is 0 Å². The molecule has 0 atom stereocenters. The van der Waals surface area contributed by atoms with Crippen molar-refractivity contribution in [3.63, 3.8) is 0 Å². The van der Waals surface area contributed by atoms with Gasteiger partial charge in [-0.2, -0.15) is 0 Å². The average Bonchev–Trinajstić information content (AvgIpc) is 2.16. The molecule has 0 aromatic heterocycles. The Labute approximate surface area is 89.6 Å². The number of alkyl halides is 2. The van der Waals surface area contributed by atoms with Crippen LogP contribution in [-0.4, -0.2) is 36.7 Å². The molecule has 1 saturated heterocycles. The molecule has 1 heterocycles. The number of hydrogen-bond donors (Lipinski definition) is 0.